The van der Waals surface area contributed by atoms with E-state index in [1.54, 1.807) is 0 Å². The first-order valence-electron chi connectivity index (χ1n) is 5.28. The number of hydrogen-bond acceptors (Lipinski definition) is 3. The van der Waals surface area contributed by atoms with Crippen molar-refractivity contribution in [1.29, 1.82) is 0 Å². The third-order valence-corrected chi connectivity index (χ3v) is 2.70. The number of carboxylic acid groups (broad SMARTS) is 1. The molecule has 1 fully saturated rings. The van der Waals surface area contributed by atoms with E-state index in [9.17, 15) is 18.0 Å². The Morgan fingerprint density at radius 1 is 1.50 bits per heavy atom. The third-order valence-electron chi connectivity index (χ3n) is 2.70. The van der Waals surface area contributed by atoms with E-state index < -0.39 is 23.8 Å². The number of carboxylic acids is 1. The van der Waals surface area contributed by atoms with Crippen LogP contribution in [0.3, 0.4) is 0 Å². The molecule has 1 N–H and O–H groups in total. The summed E-state index contributed by atoms with van der Waals surface area (Å²) in [5.74, 6) is -1.63. The maximum Gasteiger partial charge on any atom is 0.433 e. The van der Waals surface area contributed by atoms with Gasteiger partial charge in [-0.25, -0.2) is 4.98 Å². The molecule has 0 spiro atoms. The van der Waals surface area contributed by atoms with Gasteiger partial charge in [-0.2, -0.15) is 13.2 Å². The highest BCUT2D eigenvalue weighted by Crippen LogP contribution is 2.38. The molecule has 1 heterocycles. The summed E-state index contributed by atoms with van der Waals surface area (Å²) in [6.07, 6.45) is -4.02. The molecule has 0 bridgehead atoms. The molecule has 0 unspecified atom stereocenters. The van der Waals surface area contributed by atoms with Gasteiger partial charge in [-0.05, 0) is 12.5 Å². The molecule has 1 aliphatic rings. The Bertz CT molecular complexity index is 461. The molecule has 4 nitrogen and oxygen atoms in total. The topological polar surface area (TPSA) is 59.4 Å². The average molecular weight is 261 g/mol. The standard InChI is InChI=1S/C11H10F3NO3/c12-11(13,14)8-2-1-3-9(15-8)18-5-6-4-7(6)10(16)17/h1-3,6-7H,4-5H2,(H,16,17)/t6-,7+/m0/s1. The van der Waals surface area contributed by atoms with E-state index in [-0.39, 0.29) is 18.4 Å². The van der Waals surface area contributed by atoms with Crippen LogP contribution in [0.1, 0.15) is 12.1 Å². The zero-order chi connectivity index (χ0) is 13.3. The van der Waals surface area contributed by atoms with Crippen LogP contribution in [0, 0.1) is 11.8 Å². The summed E-state index contributed by atoms with van der Waals surface area (Å²) in [5.41, 5.74) is -1.02. The highest BCUT2D eigenvalue weighted by atomic mass is 19.4. The van der Waals surface area contributed by atoms with Gasteiger partial charge in [0, 0.05) is 12.0 Å². The van der Waals surface area contributed by atoms with E-state index in [1.807, 2.05) is 0 Å². The Kier molecular flexibility index (Phi) is 3.14. The van der Waals surface area contributed by atoms with Crippen molar-refractivity contribution in [2.24, 2.45) is 11.8 Å². The molecular weight excluding hydrogens is 251 g/mol. The summed E-state index contributed by atoms with van der Waals surface area (Å²) < 4.78 is 42.1. The van der Waals surface area contributed by atoms with Gasteiger partial charge in [0.25, 0.3) is 0 Å². The number of pyridine rings is 1. The van der Waals surface area contributed by atoms with Crippen molar-refractivity contribution in [2.75, 3.05) is 6.61 Å². The van der Waals surface area contributed by atoms with E-state index in [4.69, 9.17) is 9.84 Å². The first-order valence-corrected chi connectivity index (χ1v) is 5.28. The number of carbonyl (C=O) groups is 1. The lowest BCUT2D eigenvalue weighted by Crippen LogP contribution is -2.10. The molecule has 0 radical (unpaired) electrons. The van der Waals surface area contributed by atoms with Crippen molar-refractivity contribution < 1.29 is 27.8 Å². The van der Waals surface area contributed by atoms with Crippen LogP contribution in [0.5, 0.6) is 5.88 Å². The first-order chi connectivity index (χ1) is 8.38. The van der Waals surface area contributed by atoms with Crippen molar-refractivity contribution in [3.63, 3.8) is 0 Å². The van der Waals surface area contributed by atoms with E-state index in [2.05, 4.69) is 4.98 Å². The number of halogens is 3. The lowest BCUT2D eigenvalue weighted by molar-refractivity contribution is -0.141. The van der Waals surface area contributed by atoms with Gasteiger partial charge in [-0.15, -0.1) is 0 Å². The quantitative estimate of drug-likeness (QED) is 0.902. The average Bonchev–Trinajstić information content (AvgIpc) is 3.05. The Morgan fingerprint density at radius 2 is 2.22 bits per heavy atom. The Hall–Kier alpha value is -1.79. The van der Waals surface area contributed by atoms with E-state index >= 15 is 0 Å². The second kappa shape index (κ2) is 4.47. The maximum atomic E-state index is 12.4. The Balaban J connectivity index is 1.93. The van der Waals surface area contributed by atoms with E-state index in [1.165, 1.54) is 12.1 Å². The number of ether oxygens (including phenoxy) is 1. The molecule has 0 amide bonds. The summed E-state index contributed by atoms with van der Waals surface area (Å²) in [4.78, 5) is 13.9. The van der Waals surface area contributed by atoms with Crippen molar-refractivity contribution in [3.8, 4) is 5.88 Å². The summed E-state index contributed by atoms with van der Waals surface area (Å²) in [6, 6.07) is 3.37. The van der Waals surface area contributed by atoms with Crippen LogP contribution < -0.4 is 4.74 Å². The number of alkyl halides is 3. The Morgan fingerprint density at radius 3 is 2.78 bits per heavy atom. The van der Waals surface area contributed by atoms with Crippen molar-refractivity contribution >= 4 is 5.97 Å². The van der Waals surface area contributed by atoms with Crippen molar-refractivity contribution in [1.82, 2.24) is 4.98 Å². The second-order valence-corrected chi connectivity index (χ2v) is 4.11. The normalized spacial score (nSPS) is 22.6. The summed E-state index contributed by atoms with van der Waals surface area (Å²) >= 11 is 0. The minimum absolute atomic E-state index is 0.0747. The largest absolute Gasteiger partial charge is 0.481 e. The molecule has 2 rings (SSSR count). The molecule has 0 saturated heterocycles. The fourth-order valence-electron chi connectivity index (χ4n) is 1.58. The number of rotatable bonds is 4. The van der Waals surface area contributed by atoms with Gasteiger partial charge in [-0.3, -0.25) is 4.79 Å². The van der Waals surface area contributed by atoms with Gasteiger partial charge in [0.15, 0.2) is 0 Å². The molecule has 1 aromatic rings. The molecule has 98 valence electrons. The number of nitrogens with zero attached hydrogens (tertiary/aromatic N) is 1. The molecule has 7 heteroatoms. The molecule has 1 aliphatic carbocycles. The summed E-state index contributed by atoms with van der Waals surface area (Å²) in [7, 11) is 0. The van der Waals surface area contributed by atoms with Crippen LogP contribution in [0.4, 0.5) is 13.2 Å². The molecular formula is C11H10F3NO3. The van der Waals surface area contributed by atoms with Crippen LogP contribution in [-0.4, -0.2) is 22.7 Å². The number of hydrogen-bond donors (Lipinski definition) is 1. The van der Waals surface area contributed by atoms with Crippen LogP contribution in [0.2, 0.25) is 0 Å². The Labute approximate surface area is 100 Å². The zero-order valence-electron chi connectivity index (χ0n) is 9.15. The summed E-state index contributed by atoms with van der Waals surface area (Å²) in [6.45, 7) is 0.0747. The minimum atomic E-state index is -4.51. The zero-order valence-corrected chi connectivity index (χ0v) is 9.15. The predicted molar refractivity (Wildman–Crippen MR) is 54.0 cm³/mol. The number of aromatic nitrogens is 1. The summed E-state index contributed by atoms with van der Waals surface area (Å²) in [5, 5.41) is 8.65. The predicted octanol–water partition coefficient (Wildman–Crippen LogP) is 2.20. The van der Waals surface area contributed by atoms with Gasteiger partial charge < -0.3 is 9.84 Å². The molecule has 2 atom stereocenters. The molecule has 0 aliphatic heterocycles. The lowest BCUT2D eigenvalue weighted by Gasteiger charge is -2.08. The number of aliphatic carboxylic acids is 1. The van der Waals surface area contributed by atoms with Gasteiger partial charge in [-0.1, -0.05) is 6.07 Å². The van der Waals surface area contributed by atoms with Crippen LogP contribution >= 0.6 is 0 Å². The van der Waals surface area contributed by atoms with Gasteiger partial charge in [0.2, 0.25) is 5.88 Å². The van der Waals surface area contributed by atoms with Gasteiger partial charge >= 0.3 is 12.1 Å². The maximum absolute atomic E-state index is 12.4. The van der Waals surface area contributed by atoms with Crippen LogP contribution in [-0.2, 0) is 11.0 Å². The first kappa shape index (κ1) is 12.7. The second-order valence-electron chi connectivity index (χ2n) is 4.11. The monoisotopic (exact) mass is 261 g/mol. The van der Waals surface area contributed by atoms with Gasteiger partial charge in [0.05, 0.1) is 12.5 Å². The van der Waals surface area contributed by atoms with Crippen molar-refractivity contribution in [2.45, 2.75) is 12.6 Å². The third kappa shape index (κ3) is 2.91. The lowest BCUT2D eigenvalue weighted by atomic mass is 10.3. The molecule has 1 aromatic heterocycles. The highest BCUT2D eigenvalue weighted by molar-refractivity contribution is 5.73. The fraction of sp³-hybridized carbons (Fsp3) is 0.455. The van der Waals surface area contributed by atoms with Crippen LogP contribution in [0.15, 0.2) is 18.2 Å². The SMILES string of the molecule is O=C(O)[C@@H]1C[C@H]1COc1cccc(C(F)(F)F)n1. The van der Waals surface area contributed by atoms with Gasteiger partial charge in [0.1, 0.15) is 5.69 Å². The van der Waals surface area contributed by atoms with E-state index in [0.717, 1.165) is 6.07 Å². The molecule has 0 aromatic carbocycles. The van der Waals surface area contributed by atoms with Crippen molar-refractivity contribution in [3.05, 3.63) is 23.9 Å². The fourth-order valence-corrected chi connectivity index (χ4v) is 1.58. The van der Waals surface area contributed by atoms with Crippen LogP contribution in [0.25, 0.3) is 0 Å². The molecule has 18 heavy (non-hydrogen) atoms. The van der Waals surface area contributed by atoms with E-state index in [0.29, 0.717) is 6.42 Å². The molecule has 1 saturated carbocycles. The highest BCUT2D eigenvalue weighted by Gasteiger charge is 2.43. The minimum Gasteiger partial charge on any atom is -0.481 e. The smallest absolute Gasteiger partial charge is 0.433 e.